The molecule has 1 aliphatic rings. The first-order valence-electron chi connectivity index (χ1n) is 6.60. The fraction of sp³-hybridized carbons (Fsp3) is 0.176. The molecule has 1 heterocycles. The molecule has 1 aliphatic heterocycles. The molecule has 0 bridgehead atoms. The van der Waals surface area contributed by atoms with Crippen molar-refractivity contribution in [3.05, 3.63) is 70.8 Å². The first-order chi connectivity index (χ1) is 9.72. The van der Waals surface area contributed by atoms with Gasteiger partial charge in [0, 0.05) is 22.9 Å². The van der Waals surface area contributed by atoms with Crippen LogP contribution < -0.4 is 4.74 Å². The van der Waals surface area contributed by atoms with E-state index in [-0.39, 0.29) is 5.92 Å². The number of hydrogen-bond donors (Lipinski definition) is 1. The summed E-state index contributed by atoms with van der Waals surface area (Å²) < 4.78 is 5.43. The van der Waals surface area contributed by atoms with Crippen molar-refractivity contribution in [1.82, 2.24) is 0 Å². The minimum absolute atomic E-state index is 0.158. The van der Waals surface area contributed by atoms with Crippen molar-refractivity contribution in [1.29, 1.82) is 0 Å². The summed E-state index contributed by atoms with van der Waals surface area (Å²) in [4.78, 5) is 0. The summed E-state index contributed by atoms with van der Waals surface area (Å²) in [5.74, 6) is 0.919. The smallest absolute Gasteiger partial charge is 0.198 e. The zero-order valence-corrected chi connectivity index (χ0v) is 11.6. The molecule has 0 aromatic heterocycles. The number of aliphatic hydroxyl groups excluding tert-OH is 1. The van der Waals surface area contributed by atoms with Gasteiger partial charge in [0.25, 0.3) is 0 Å². The molecule has 2 atom stereocenters. The zero-order chi connectivity index (χ0) is 13.9. The van der Waals surface area contributed by atoms with Crippen LogP contribution >= 0.6 is 11.6 Å². The minimum Gasteiger partial charge on any atom is -0.465 e. The van der Waals surface area contributed by atoms with Crippen LogP contribution in [0.2, 0.25) is 5.02 Å². The van der Waals surface area contributed by atoms with E-state index in [0.29, 0.717) is 6.42 Å². The molecule has 0 spiro atoms. The van der Waals surface area contributed by atoms with Crippen LogP contribution in [0.1, 0.15) is 23.5 Å². The number of fused-ring (bicyclic) bond motifs is 1. The molecule has 20 heavy (non-hydrogen) atoms. The Bertz CT molecular complexity index is 619. The van der Waals surface area contributed by atoms with Gasteiger partial charge < -0.3 is 9.84 Å². The summed E-state index contributed by atoms with van der Waals surface area (Å²) in [6, 6.07) is 15.5. The summed E-state index contributed by atoms with van der Waals surface area (Å²) in [5, 5.41) is 10.5. The number of ether oxygens (including phenoxy) is 1. The molecular weight excluding hydrogens is 272 g/mol. The Balaban J connectivity index is 1.85. The van der Waals surface area contributed by atoms with E-state index in [4.69, 9.17) is 16.3 Å². The lowest BCUT2D eigenvalue weighted by Gasteiger charge is -2.27. The molecule has 0 fully saturated rings. The molecule has 0 saturated carbocycles. The normalized spacial score (nSPS) is 21.5. The quantitative estimate of drug-likeness (QED) is 0.895. The minimum atomic E-state index is -0.746. The van der Waals surface area contributed by atoms with E-state index in [1.807, 2.05) is 48.5 Å². The first-order valence-corrected chi connectivity index (χ1v) is 6.97. The lowest BCUT2D eigenvalue weighted by atomic mass is 9.91. The predicted octanol–water partition coefficient (Wildman–Crippen LogP) is 4.24. The van der Waals surface area contributed by atoms with Crippen molar-refractivity contribution >= 4 is 17.7 Å². The van der Waals surface area contributed by atoms with Crippen LogP contribution in [0.3, 0.4) is 0 Å². The number of para-hydroxylation sites is 1. The maximum Gasteiger partial charge on any atom is 0.198 e. The molecule has 2 nitrogen and oxygen atoms in total. The van der Waals surface area contributed by atoms with E-state index in [0.717, 1.165) is 21.9 Å². The third kappa shape index (κ3) is 2.87. The van der Waals surface area contributed by atoms with Crippen molar-refractivity contribution in [2.45, 2.75) is 18.6 Å². The number of aliphatic hydroxyl groups is 1. The van der Waals surface area contributed by atoms with Gasteiger partial charge in [-0.1, -0.05) is 54.1 Å². The number of hydrogen-bond acceptors (Lipinski definition) is 2. The summed E-state index contributed by atoms with van der Waals surface area (Å²) in [5.41, 5.74) is 2.20. The van der Waals surface area contributed by atoms with Gasteiger partial charge in [-0.3, -0.25) is 0 Å². The molecule has 0 saturated heterocycles. The van der Waals surface area contributed by atoms with Crippen LogP contribution in [0.5, 0.6) is 5.75 Å². The van der Waals surface area contributed by atoms with Crippen LogP contribution in [0.4, 0.5) is 0 Å². The fourth-order valence-electron chi connectivity index (χ4n) is 2.42. The highest BCUT2D eigenvalue weighted by Crippen LogP contribution is 2.36. The summed E-state index contributed by atoms with van der Waals surface area (Å²) in [6.07, 6.45) is 3.98. The molecule has 3 rings (SSSR count). The lowest BCUT2D eigenvalue weighted by Crippen LogP contribution is -2.24. The number of allylic oxidation sites excluding steroid dienone is 1. The Labute approximate surface area is 123 Å². The molecule has 0 amide bonds. The van der Waals surface area contributed by atoms with Crippen LogP contribution in [-0.4, -0.2) is 11.4 Å². The van der Waals surface area contributed by atoms with E-state index >= 15 is 0 Å². The largest absolute Gasteiger partial charge is 0.465 e. The summed E-state index contributed by atoms with van der Waals surface area (Å²) in [6.45, 7) is 0. The van der Waals surface area contributed by atoms with Gasteiger partial charge in [0.05, 0.1) is 0 Å². The molecule has 2 aromatic carbocycles. The second-order valence-corrected chi connectivity index (χ2v) is 5.30. The standard InChI is InChI=1S/C17H15ClO2/c18-14-9-6-12(7-10-14)5-8-13-11-17(19)20-16-4-2-1-3-15(13)16/h1-10,13,17,19H,11H2. The topological polar surface area (TPSA) is 29.5 Å². The van der Waals surface area contributed by atoms with Crippen LogP contribution in [0.15, 0.2) is 54.6 Å². The second kappa shape index (κ2) is 5.70. The van der Waals surface area contributed by atoms with E-state index < -0.39 is 6.29 Å². The molecule has 2 aromatic rings. The highest BCUT2D eigenvalue weighted by Gasteiger charge is 2.24. The Morgan fingerprint density at radius 1 is 1.10 bits per heavy atom. The highest BCUT2D eigenvalue weighted by molar-refractivity contribution is 6.30. The zero-order valence-electron chi connectivity index (χ0n) is 10.9. The highest BCUT2D eigenvalue weighted by atomic mass is 35.5. The maximum atomic E-state index is 9.79. The van der Waals surface area contributed by atoms with Gasteiger partial charge in [-0.2, -0.15) is 0 Å². The van der Waals surface area contributed by atoms with Crippen molar-refractivity contribution in [3.8, 4) is 5.75 Å². The van der Waals surface area contributed by atoms with Gasteiger partial charge in [0.1, 0.15) is 5.75 Å². The summed E-state index contributed by atoms with van der Waals surface area (Å²) >= 11 is 5.87. The molecule has 102 valence electrons. The number of benzene rings is 2. The Morgan fingerprint density at radius 3 is 2.65 bits per heavy atom. The molecule has 2 unspecified atom stereocenters. The van der Waals surface area contributed by atoms with Gasteiger partial charge in [-0.25, -0.2) is 0 Å². The van der Waals surface area contributed by atoms with Gasteiger partial charge >= 0.3 is 0 Å². The third-order valence-corrected chi connectivity index (χ3v) is 3.68. The molecule has 1 N–H and O–H groups in total. The molecule has 0 aliphatic carbocycles. The van der Waals surface area contributed by atoms with Crippen LogP contribution in [0, 0.1) is 0 Å². The molecule has 3 heteroatoms. The van der Waals surface area contributed by atoms with E-state index in [2.05, 4.69) is 12.2 Å². The van der Waals surface area contributed by atoms with E-state index in [1.165, 1.54) is 0 Å². The van der Waals surface area contributed by atoms with Crippen LogP contribution in [0.25, 0.3) is 6.08 Å². The second-order valence-electron chi connectivity index (χ2n) is 4.86. The average molecular weight is 287 g/mol. The SMILES string of the molecule is OC1CC(C=Cc2ccc(Cl)cc2)c2ccccc2O1. The van der Waals surface area contributed by atoms with Gasteiger partial charge in [-0.15, -0.1) is 0 Å². The van der Waals surface area contributed by atoms with Gasteiger partial charge in [0.2, 0.25) is 0 Å². The third-order valence-electron chi connectivity index (χ3n) is 3.43. The summed E-state index contributed by atoms with van der Waals surface area (Å²) in [7, 11) is 0. The lowest BCUT2D eigenvalue weighted by molar-refractivity contribution is -0.0352. The molecule has 0 radical (unpaired) electrons. The van der Waals surface area contributed by atoms with E-state index in [1.54, 1.807) is 0 Å². The van der Waals surface area contributed by atoms with Gasteiger partial charge in [0.15, 0.2) is 6.29 Å². The number of halogens is 1. The predicted molar refractivity (Wildman–Crippen MR) is 80.9 cm³/mol. The number of rotatable bonds is 2. The Morgan fingerprint density at radius 2 is 1.85 bits per heavy atom. The van der Waals surface area contributed by atoms with Gasteiger partial charge in [-0.05, 0) is 23.8 Å². The van der Waals surface area contributed by atoms with Crippen molar-refractivity contribution in [3.63, 3.8) is 0 Å². The first kappa shape index (κ1) is 13.2. The maximum absolute atomic E-state index is 9.79. The van der Waals surface area contributed by atoms with Crippen molar-refractivity contribution < 1.29 is 9.84 Å². The van der Waals surface area contributed by atoms with Crippen molar-refractivity contribution in [2.75, 3.05) is 0 Å². The van der Waals surface area contributed by atoms with E-state index in [9.17, 15) is 5.11 Å². The average Bonchev–Trinajstić information content (AvgIpc) is 2.46. The van der Waals surface area contributed by atoms with Crippen LogP contribution in [-0.2, 0) is 0 Å². The Kier molecular flexibility index (Phi) is 3.77. The van der Waals surface area contributed by atoms with Crippen molar-refractivity contribution in [2.24, 2.45) is 0 Å². The Hall–Kier alpha value is -1.77. The fourth-order valence-corrected chi connectivity index (χ4v) is 2.54. The monoisotopic (exact) mass is 286 g/mol. The molecular formula is C17H15ClO2.